The standard InChI is InChI=1S/C15H21N3O2/c1-18-8-9-20-13-5-4-11(10-12(13)18)17-14(19)15(16)6-2-3-7-15/h4-5,10H,2-3,6-9,16H2,1H3,(H,17,19). The van der Waals surface area contributed by atoms with Crippen molar-refractivity contribution in [2.75, 3.05) is 30.4 Å². The summed E-state index contributed by atoms with van der Waals surface area (Å²) in [5.74, 6) is 0.786. The highest BCUT2D eigenvalue weighted by molar-refractivity contribution is 5.98. The average molecular weight is 275 g/mol. The van der Waals surface area contributed by atoms with Crippen LogP contribution in [0.2, 0.25) is 0 Å². The van der Waals surface area contributed by atoms with Gasteiger partial charge >= 0.3 is 0 Å². The predicted octanol–water partition coefficient (Wildman–Crippen LogP) is 1.73. The highest BCUT2D eigenvalue weighted by Gasteiger charge is 2.37. The normalized spacial score (nSPS) is 20.2. The second-order valence-corrected chi connectivity index (χ2v) is 5.77. The predicted molar refractivity (Wildman–Crippen MR) is 79.2 cm³/mol. The Morgan fingerprint density at radius 2 is 2.15 bits per heavy atom. The number of anilines is 2. The number of carbonyl (C=O) groups excluding carboxylic acids is 1. The van der Waals surface area contributed by atoms with E-state index in [0.717, 1.165) is 49.4 Å². The number of benzene rings is 1. The van der Waals surface area contributed by atoms with Gasteiger partial charge in [0.15, 0.2) is 0 Å². The van der Waals surface area contributed by atoms with Gasteiger partial charge < -0.3 is 20.7 Å². The zero-order valence-corrected chi connectivity index (χ0v) is 11.8. The third-order valence-electron chi connectivity index (χ3n) is 4.26. The first-order valence-corrected chi connectivity index (χ1v) is 7.17. The number of nitrogens with zero attached hydrogens (tertiary/aromatic N) is 1. The van der Waals surface area contributed by atoms with Gasteiger partial charge in [0.05, 0.1) is 17.8 Å². The SMILES string of the molecule is CN1CCOc2ccc(NC(=O)C3(N)CCCC3)cc21. The Morgan fingerprint density at radius 3 is 2.90 bits per heavy atom. The molecule has 1 fully saturated rings. The Balaban J connectivity index is 1.78. The second-order valence-electron chi connectivity index (χ2n) is 5.77. The molecule has 1 amide bonds. The minimum atomic E-state index is -0.696. The molecular formula is C15H21N3O2. The van der Waals surface area contributed by atoms with Crippen molar-refractivity contribution in [3.8, 4) is 5.75 Å². The summed E-state index contributed by atoms with van der Waals surface area (Å²) in [6, 6.07) is 5.72. The van der Waals surface area contributed by atoms with Gasteiger partial charge in [-0.15, -0.1) is 0 Å². The van der Waals surface area contributed by atoms with Crippen molar-refractivity contribution in [1.82, 2.24) is 0 Å². The number of amides is 1. The van der Waals surface area contributed by atoms with Gasteiger partial charge in [0, 0.05) is 12.7 Å². The monoisotopic (exact) mass is 275 g/mol. The van der Waals surface area contributed by atoms with Crippen LogP contribution in [0.15, 0.2) is 18.2 Å². The maximum atomic E-state index is 12.3. The first-order valence-electron chi connectivity index (χ1n) is 7.17. The summed E-state index contributed by atoms with van der Waals surface area (Å²) in [5.41, 5.74) is 7.26. The third kappa shape index (κ3) is 2.33. The van der Waals surface area contributed by atoms with Crippen LogP contribution in [0.4, 0.5) is 11.4 Å². The fraction of sp³-hybridized carbons (Fsp3) is 0.533. The highest BCUT2D eigenvalue weighted by atomic mass is 16.5. The number of likely N-dealkylation sites (N-methyl/N-ethyl adjacent to an activating group) is 1. The molecular weight excluding hydrogens is 254 g/mol. The van der Waals surface area contributed by atoms with E-state index in [0.29, 0.717) is 6.61 Å². The molecule has 0 aromatic heterocycles. The highest BCUT2D eigenvalue weighted by Crippen LogP contribution is 2.34. The van der Waals surface area contributed by atoms with Crippen molar-refractivity contribution >= 4 is 17.3 Å². The van der Waals surface area contributed by atoms with Crippen molar-refractivity contribution in [1.29, 1.82) is 0 Å². The zero-order chi connectivity index (χ0) is 14.2. The molecule has 0 radical (unpaired) electrons. The minimum absolute atomic E-state index is 0.0747. The Morgan fingerprint density at radius 1 is 1.40 bits per heavy atom. The smallest absolute Gasteiger partial charge is 0.244 e. The molecule has 3 rings (SSSR count). The molecule has 0 atom stereocenters. The van der Waals surface area contributed by atoms with E-state index in [-0.39, 0.29) is 5.91 Å². The fourth-order valence-corrected chi connectivity index (χ4v) is 2.92. The van der Waals surface area contributed by atoms with Gasteiger partial charge in [-0.05, 0) is 31.0 Å². The summed E-state index contributed by atoms with van der Waals surface area (Å²) >= 11 is 0. The Kier molecular flexibility index (Phi) is 3.30. The van der Waals surface area contributed by atoms with Crippen LogP contribution >= 0.6 is 0 Å². The maximum absolute atomic E-state index is 12.3. The quantitative estimate of drug-likeness (QED) is 0.862. The summed E-state index contributed by atoms with van der Waals surface area (Å²) in [4.78, 5) is 14.4. The van der Waals surface area contributed by atoms with Crippen molar-refractivity contribution in [2.24, 2.45) is 5.73 Å². The molecule has 1 aromatic rings. The molecule has 2 aliphatic rings. The van der Waals surface area contributed by atoms with Crippen LogP contribution < -0.4 is 20.7 Å². The van der Waals surface area contributed by atoms with Crippen LogP contribution in [0.5, 0.6) is 5.75 Å². The van der Waals surface area contributed by atoms with E-state index in [4.69, 9.17) is 10.5 Å². The van der Waals surface area contributed by atoms with Crippen molar-refractivity contribution in [3.63, 3.8) is 0 Å². The van der Waals surface area contributed by atoms with Crippen LogP contribution in [-0.2, 0) is 4.79 Å². The van der Waals surface area contributed by atoms with E-state index < -0.39 is 5.54 Å². The molecule has 1 saturated carbocycles. The Hall–Kier alpha value is -1.75. The van der Waals surface area contributed by atoms with E-state index in [9.17, 15) is 4.79 Å². The molecule has 1 aromatic carbocycles. The van der Waals surface area contributed by atoms with Crippen LogP contribution in [0.25, 0.3) is 0 Å². The molecule has 20 heavy (non-hydrogen) atoms. The number of fused-ring (bicyclic) bond motifs is 1. The Labute approximate surface area is 119 Å². The lowest BCUT2D eigenvalue weighted by molar-refractivity contribution is -0.121. The van der Waals surface area contributed by atoms with E-state index in [1.165, 1.54) is 0 Å². The lowest BCUT2D eigenvalue weighted by Gasteiger charge is -2.28. The fourth-order valence-electron chi connectivity index (χ4n) is 2.92. The zero-order valence-electron chi connectivity index (χ0n) is 11.8. The van der Waals surface area contributed by atoms with Gasteiger partial charge in [0.25, 0.3) is 0 Å². The molecule has 1 aliphatic carbocycles. The molecule has 0 spiro atoms. The number of ether oxygens (including phenoxy) is 1. The van der Waals surface area contributed by atoms with Gasteiger partial charge in [-0.1, -0.05) is 12.8 Å². The van der Waals surface area contributed by atoms with Gasteiger partial charge in [-0.3, -0.25) is 4.79 Å². The summed E-state index contributed by atoms with van der Waals surface area (Å²) in [7, 11) is 2.02. The number of hydrogen-bond donors (Lipinski definition) is 2. The van der Waals surface area contributed by atoms with Gasteiger partial charge in [0.2, 0.25) is 5.91 Å². The number of hydrogen-bond acceptors (Lipinski definition) is 4. The van der Waals surface area contributed by atoms with Crippen molar-refractivity contribution in [2.45, 2.75) is 31.2 Å². The third-order valence-corrected chi connectivity index (χ3v) is 4.26. The molecule has 1 aliphatic heterocycles. The Bertz CT molecular complexity index is 524. The van der Waals surface area contributed by atoms with Crippen LogP contribution in [-0.4, -0.2) is 31.6 Å². The van der Waals surface area contributed by atoms with Crippen LogP contribution in [0.1, 0.15) is 25.7 Å². The topological polar surface area (TPSA) is 67.6 Å². The van der Waals surface area contributed by atoms with Crippen LogP contribution in [0, 0.1) is 0 Å². The lowest BCUT2D eigenvalue weighted by atomic mass is 9.98. The number of nitrogens with one attached hydrogen (secondary N) is 1. The number of nitrogens with two attached hydrogens (primary N) is 1. The van der Waals surface area contributed by atoms with Crippen molar-refractivity contribution in [3.05, 3.63) is 18.2 Å². The first-order chi connectivity index (χ1) is 9.58. The summed E-state index contributed by atoms with van der Waals surface area (Å²) in [5, 5.41) is 2.95. The maximum Gasteiger partial charge on any atom is 0.244 e. The van der Waals surface area contributed by atoms with Gasteiger partial charge in [-0.2, -0.15) is 0 Å². The van der Waals surface area contributed by atoms with E-state index in [2.05, 4.69) is 10.2 Å². The minimum Gasteiger partial charge on any atom is -0.490 e. The van der Waals surface area contributed by atoms with Crippen LogP contribution in [0.3, 0.4) is 0 Å². The molecule has 5 nitrogen and oxygen atoms in total. The van der Waals surface area contributed by atoms with E-state index >= 15 is 0 Å². The van der Waals surface area contributed by atoms with Gasteiger partial charge in [0.1, 0.15) is 12.4 Å². The van der Waals surface area contributed by atoms with E-state index in [1.807, 2.05) is 25.2 Å². The summed E-state index contributed by atoms with van der Waals surface area (Å²) in [6.45, 7) is 1.55. The molecule has 0 bridgehead atoms. The van der Waals surface area contributed by atoms with Crippen molar-refractivity contribution < 1.29 is 9.53 Å². The molecule has 0 unspecified atom stereocenters. The van der Waals surface area contributed by atoms with Gasteiger partial charge in [-0.25, -0.2) is 0 Å². The summed E-state index contributed by atoms with van der Waals surface area (Å²) in [6.07, 6.45) is 3.61. The number of carbonyl (C=O) groups is 1. The molecule has 1 heterocycles. The molecule has 0 saturated heterocycles. The molecule has 108 valence electrons. The van der Waals surface area contributed by atoms with E-state index in [1.54, 1.807) is 0 Å². The first kappa shape index (κ1) is 13.2. The molecule has 3 N–H and O–H groups in total. The largest absolute Gasteiger partial charge is 0.490 e. The second kappa shape index (κ2) is 4.98. The molecule has 5 heteroatoms. The lowest BCUT2D eigenvalue weighted by Crippen LogP contribution is -2.48. The average Bonchev–Trinajstić information content (AvgIpc) is 2.88. The summed E-state index contributed by atoms with van der Waals surface area (Å²) < 4.78 is 5.59. The number of rotatable bonds is 2.